The summed E-state index contributed by atoms with van der Waals surface area (Å²) in [5.74, 6) is 0. The van der Waals surface area contributed by atoms with E-state index in [-0.39, 0.29) is 17.8 Å². The molecule has 0 N–H and O–H groups in total. The predicted molar refractivity (Wildman–Crippen MR) is 64.4 cm³/mol. The van der Waals surface area contributed by atoms with Crippen molar-refractivity contribution in [1.29, 1.82) is 5.26 Å². The van der Waals surface area contributed by atoms with E-state index in [2.05, 4.69) is 10.3 Å². The van der Waals surface area contributed by atoms with Crippen molar-refractivity contribution in [1.82, 2.24) is 9.78 Å². The minimum absolute atomic E-state index is 0.0335. The number of nitrogens with zero attached hydrogens (tertiary/aromatic N) is 5. The Morgan fingerprint density at radius 2 is 2.32 bits per heavy atom. The first-order valence-corrected chi connectivity index (χ1v) is 5.17. The summed E-state index contributed by atoms with van der Waals surface area (Å²) in [7, 11) is 0. The van der Waals surface area contributed by atoms with Crippen LogP contribution in [0.4, 0.5) is 5.69 Å². The number of hydrogen-bond acceptors (Lipinski definition) is 6. The Balaban J connectivity index is 2.46. The summed E-state index contributed by atoms with van der Waals surface area (Å²) in [6.45, 7) is -0.0335. The predicted octanol–water partition coefficient (Wildman–Crippen LogP) is 1.92. The van der Waals surface area contributed by atoms with E-state index in [1.807, 2.05) is 6.07 Å². The van der Waals surface area contributed by atoms with Gasteiger partial charge < -0.3 is 0 Å². The Bertz CT molecular complexity index is 686. The van der Waals surface area contributed by atoms with Gasteiger partial charge in [0.1, 0.15) is 25.0 Å². The maximum atomic E-state index is 10.6. The SMILES string of the molecule is N#Cc1cc(CN=O)ccc1-n1cc([N+](=O)[O-])cn1. The van der Waals surface area contributed by atoms with Crippen LogP contribution in [-0.4, -0.2) is 14.7 Å². The molecule has 1 aromatic carbocycles. The van der Waals surface area contributed by atoms with Gasteiger partial charge in [-0.25, -0.2) is 4.68 Å². The topological polar surface area (TPSA) is 114 Å². The van der Waals surface area contributed by atoms with Crippen molar-refractivity contribution in [2.75, 3.05) is 0 Å². The van der Waals surface area contributed by atoms with Crippen molar-refractivity contribution >= 4 is 5.69 Å². The van der Waals surface area contributed by atoms with Gasteiger partial charge >= 0.3 is 5.69 Å². The fraction of sp³-hybridized carbons (Fsp3) is 0.0909. The number of nitroso groups, excluding NO2 is 1. The normalized spacial score (nSPS) is 9.84. The van der Waals surface area contributed by atoms with Gasteiger partial charge in [-0.3, -0.25) is 10.1 Å². The van der Waals surface area contributed by atoms with Crippen LogP contribution in [0.1, 0.15) is 11.1 Å². The summed E-state index contributed by atoms with van der Waals surface area (Å²) < 4.78 is 1.24. The summed E-state index contributed by atoms with van der Waals surface area (Å²) in [6, 6.07) is 6.64. The molecule has 0 saturated carbocycles. The van der Waals surface area contributed by atoms with Crippen LogP contribution in [0.3, 0.4) is 0 Å². The largest absolute Gasteiger partial charge is 0.307 e. The molecule has 0 aliphatic rings. The van der Waals surface area contributed by atoms with E-state index in [0.29, 0.717) is 11.3 Å². The van der Waals surface area contributed by atoms with E-state index in [4.69, 9.17) is 5.26 Å². The Hall–Kier alpha value is -3.08. The van der Waals surface area contributed by atoms with Crippen molar-refractivity contribution in [3.8, 4) is 11.8 Å². The fourth-order valence-corrected chi connectivity index (χ4v) is 1.58. The van der Waals surface area contributed by atoms with Gasteiger partial charge in [0.25, 0.3) is 0 Å². The molecule has 8 nitrogen and oxygen atoms in total. The molecule has 0 amide bonds. The molecule has 0 radical (unpaired) electrons. The highest BCUT2D eigenvalue weighted by Crippen LogP contribution is 2.18. The van der Waals surface area contributed by atoms with Crippen molar-refractivity contribution in [2.24, 2.45) is 5.18 Å². The van der Waals surface area contributed by atoms with Crippen LogP contribution >= 0.6 is 0 Å². The van der Waals surface area contributed by atoms with E-state index in [1.165, 1.54) is 16.9 Å². The Kier molecular flexibility index (Phi) is 3.29. The first-order valence-electron chi connectivity index (χ1n) is 5.17. The summed E-state index contributed by atoms with van der Waals surface area (Å²) >= 11 is 0. The molecule has 0 fully saturated rings. The van der Waals surface area contributed by atoms with Crippen molar-refractivity contribution in [3.05, 3.63) is 56.7 Å². The van der Waals surface area contributed by atoms with Crippen LogP contribution in [0.15, 0.2) is 35.8 Å². The first kappa shape index (κ1) is 12.4. The standard InChI is InChI=1S/C11H7N5O3/c12-4-9-3-8(5-14-17)1-2-11(9)15-7-10(6-13-15)16(18)19/h1-3,6-7H,5H2. The van der Waals surface area contributed by atoms with Gasteiger partial charge in [-0.2, -0.15) is 15.3 Å². The van der Waals surface area contributed by atoms with Crippen LogP contribution < -0.4 is 0 Å². The summed E-state index contributed by atoms with van der Waals surface area (Å²) in [6.07, 6.45) is 2.32. The lowest BCUT2D eigenvalue weighted by Gasteiger charge is -2.04. The van der Waals surface area contributed by atoms with Crippen LogP contribution in [0.5, 0.6) is 0 Å². The van der Waals surface area contributed by atoms with Crippen LogP contribution in [0, 0.1) is 26.4 Å². The zero-order valence-electron chi connectivity index (χ0n) is 9.55. The van der Waals surface area contributed by atoms with E-state index in [1.54, 1.807) is 12.1 Å². The molecular formula is C11H7N5O3. The number of aromatic nitrogens is 2. The Morgan fingerprint density at radius 3 is 2.89 bits per heavy atom. The smallest absolute Gasteiger partial charge is 0.258 e. The van der Waals surface area contributed by atoms with Gasteiger partial charge in [0.05, 0.1) is 16.2 Å². The lowest BCUT2D eigenvalue weighted by molar-refractivity contribution is -0.384. The summed E-state index contributed by atoms with van der Waals surface area (Å²) in [5, 5.41) is 26.2. The highest BCUT2D eigenvalue weighted by atomic mass is 16.6. The molecule has 1 aromatic heterocycles. The second-order valence-corrected chi connectivity index (χ2v) is 3.65. The zero-order chi connectivity index (χ0) is 13.8. The number of rotatable bonds is 4. The molecular weight excluding hydrogens is 250 g/mol. The lowest BCUT2D eigenvalue weighted by atomic mass is 10.1. The number of hydrogen-bond donors (Lipinski definition) is 0. The average molecular weight is 257 g/mol. The summed E-state index contributed by atoms with van der Waals surface area (Å²) in [4.78, 5) is 20.2. The third kappa shape index (κ3) is 2.44. The summed E-state index contributed by atoms with van der Waals surface area (Å²) in [5.41, 5.74) is 1.10. The first-order chi connectivity index (χ1) is 9.15. The van der Waals surface area contributed by atoms with E-state index in [0.717, 1.165) is 6.20 Å². The second kappa shape index (κ2) is 5.05. The monoisotopic (exact) mass is 257 g/mol. The van der Waals surface area contributed by atoms with Gasteiger partial charge in [0, 0.05) is 0 Å². The molecule has 1 heterocycles. The fourth-order valence-electron chi connectivity index (χ4n) is 1.58. The molecule has 0 aliphatic heterocycles. The Morgan fingerprint density at radius 1 is 1.53 bits per heavy atom. The number of nitro groups is 1. The van der Waals surface area contributed by atoms with Crippen LogP contribution in [-0.2, 0) is 6.54 Å². The highest BCUT2D eigenvalue weighted by molar-refractivity contribution is 5.51. The number of benzene rings is 1. The maximum absolute atomic E-state index is 10.6. The highest BCUT2D eigenvalue weighted by Gasteiger charge is 2.12. The molecule has 0 atom stereocenters. The quantitative estimate of drug-likeness (QED) is 0.471. The minimum Gasteiger partial charge on any atom is -0.258 e. The van der Waals surface area contributed by atoms with Crippen molar-refractivity contribution in [3.63, 3.8) is 0 Å². The van der Waals surface area contributed by atoms with E-state index >= 15 is 0 Å². The van der Waals surface area contributed by atoms with E-state index < -0.39 is 4.92 Å². The molecule has 2 aromatic rings. The molecule has 0 spiro atoms. The third-order valence-electron chi connectivity index (χ3n) is 2.46. The maximum Gasteiger partial charge on any atom is 0.307 e. The van der Waals surface area contributed by atoms with Crippen LogP contribution in [0.2, 0.25) is 0 Å². The molecule has 0 saturated heterocycles. The van der Waals surface area contributed by atoms with Crippen molar-refractivity contribution in [2.45, 2.75) is 6.54 Å². The van der Waals surface area contributed by atoms with Gasteiger partial charge in [-0.05, 0) is 17.7 Å². The molecule has 8 heteroatoms. The van der Waals surface area contributed by atoms with Gasteiger partial charge in [-0.15, -0.1) is 0 Å². The molecule has 94 valence electrons. The van der Waals surface area contributed by atoms with Gasteiger partial charge in [0.2, 0.25) is 0 Å². The molecule has 19 heavy (non-hydrogen) atoms. The molecule has 2 rings (SSSR count). The lowest BCUT2D eigenvalue weighted by Crippen LogP contribution is -1.99. The average Bonchev–Trinajstić information content (AvgIpc) is 2.88. The zero-order valence-corrected chi connectivity index (χ0v) is 9.55. The van der Waals surface area contributed by atoms with E-state index in [9.17, 15) is 15.0 Å². The van der Waals surface area contributed by atoms with Gasteiger partial charge in [0.15, 0.2) is 0 Å². The second-order valence-electron chi connectivity index (χ2n) is 3.65. The molecule has 0 bridgehead atoms. The minimum atomic E-state index is -0.569. The van der Waals surface area contributed by atoms with Crippen LogP contribution in [0.25, 0.3) is 5.69 Å². The van der Waals surface area contributed by atoms with Crippen molar-refractivity contribution < 1.29 is 4.92 Å². The molecule has 0 unspecified atom stereocenters. The Labute approximate surface area is 107 Å². The number of nitriles is 1. The van der Waals surface area contributed by atoms with Gasteiger partial charge in [-0.1, -0.05) is 11.2 Å². The molecule has 0 aliphatic carbocycles. The third-order valence-corrected chi connectivity index (χ3v) is 2.46.